The first-order chi connectivity index (χ1) is 8.63. The van der Waals surface area contributed by atoms with Crippen LogP contribution in [0.1, 0.15) is 24.2 Å². The van der Waals surface area contributed by atoms with E-state index >= 15 is 0 Å². The van der Waals surface area contributed by atoms with Gasteiger partial charge in [-0.3, -0.25) is 14.9 Å². The van der Waals surface area contributed by atoms with Crippen molar-refractivity contribution in [2.45, 2.75) is 19.4 Å². The maximum atomic E-state index is 13.6. The third-order valence-corrected chi connectivity index (χ3v) is 2.18. The van der Waals surface area contributed by atoms with Crippen molar-refractivity contribution in [3.05, 3.63) is 39.4 Å². The third-order valence-electron chi connectivity index (χ3n) is 2.18. The van der Waals surface area contributed by atoms with E-state index in [1.807, 2.05) is 0 Å². The Kier molecular flexibility index (Phi) is 4.15. The second-order valence-electron chi connectivity index (χ2n) is 4.51. The second-order valence-corrected chi connectivity index (χ2v) is 4.51. The van der Waals surface area contributed by atoms with E-state index in [1.165, 1.54) is 13.8 Å². The molecule has 0 aliphatic rings. The van der Waals surface area contributed by atoms with Gasteiger partial charge in [-0.05, 0) is 19.9 Å². The van der Waals surface area contributed by atoms with Crippen LogP contribution in [0.2, 0.25) is 0 Å². The molecule has 2 N–H and O–H groups in total. The first-order valence-electron chi connectivity index (χ1n) is 5.26. The number of nitro benzene ring substituents is 1. The van der Waals surface area contributed by atoms with Crippen molar-refractivity contribution in [3.8, 4) is 0 Å². The average Bonchev–Trinajstić information content (AvgIpc) is 2.24. The zero-order chi connectivity index (χ0) is 14.8. The molecule has 0 radical (unpaired) electrons. The van der Waals surface area contributed by atoms with E-state index in [0.717, 1.165) is 0 Å². The molecule has 0 aromatic heterocycles. The highest BCUT2D eigenvalue weighted by Crippen LogP contribution is 2.23. The number of benzene rings is 1. The molecule has 104 valence electrons. The summed E-state index contributed by atoms with van der Waals surface area (Å²) in [4.78, 5) is 21.0. The number of aliphatic hydroxyl groups is 1. The summed E-state index contributed by atoms with van der Waals surface area (Å²) in [5.74, 6) is -3.92. The number of nitro groups is 1. The third kappa shape index (κ3) is 3.68. The van der Waals surface area contributed by atoms with E-state index in [9.17, 15) is 28.8 Å². The van der Waals surface area contributed by atoms with Gasteiger partial charge in [0, 0.05) is 12.6 Å². The van der Waals surface area contributed by atoms with Crippen LogP contribution in [0.3, 0.4) is 0 Å². The number of amides is 1. The van der Waals surface area contributed by atoms with Gasteiger partial charge in [-0.2, -0.15) is 4.39 Å². The Labute approximate surface area is 107 Å². The van der Waals surface area contributed by atoms with Crippen molar-refractivity contribution < 1.29 is 23.6 Å². The summed E-state index contributed by atoms with van der Waals surface area (Å²) in [7, 11) is 0. The Hall–Kier alpha value is -2.09. The lowest BCUT2D eigenvalue weighted by atomic mass is 10.1. The zero-order valence-corrected chi connectivity index (χ0v) is 10.2. The van der Waals surface area contributed by atoms with Crippen molar-refractivity contribution in [1.29, 1.82) is 0 Å². The standard InChI is InChI=1S/C11H12F2N2O4/c1-11(2,17)5-14-10(16)8-6(12)3-4-7(9(8)13)15(18)19/h3-4,17H,5H2,1-2H3,(H,14,16). The van der Waals surface area contributed by atoms with Gasteiger partial charge in [0.05, 0.1) is 10.5 Å². The minimum absolute atomic E-state index is 0.257. The quantitative estimate of drug-likeness (QED) is 0.640. The molecule has 1 rings (SSSR count). The first kappa shape index (κ1) is 15.0. The molecule has 0 bridgehead atoms. The Morgan fingerprint density at radius 1 is 1.47 bits per heavy atom. The Balaban J connectivity index is 3.09. The fraction of sp³-hybridized carbons (Fsp3) is 0.364. The Bertz CT molecular complexity index is 526. The summed E-state index contributed by atoms with van der Waals surface area (Å²) in [6.07, 6.45) is 0. The van der Waals surface area contributed by atoms with Crippen molar-refractivity contribution in [2.75, 3.05) is 6.54 Å². The van der Waals surface area contributed by atoms with Gasteiger partial charge in [-0.25, -0.2) is 4.39 Å². The largest absolute Gasteiger partial charge is 0.389 e. The van der Waals surface area contributed by atoms with Gasteiger partial charge in [0.2, 0.25) is 5.82 Å². The molecule has 1 amide bonds. The van der Waals surface area contributed by atoms with Crippen LogP contribution >= 0.6 is 0 Å². The normalized spacial score (nSPS) is 11.2. The highest BCUT2D eigenvalue weighted by molar-refractivity contribution is 5.95. The van der Waals surface area contributed by atoms with Gasteiger partial charge in [-0.15, -0.1) is 0 Å². The molecule has 0 atom stereocenters. The smallest absolute Gasteiger partial charge is 0.305 e. The minimum atomic E-state index is -1.54. The minimum Gasteiger partial charge on any atom is -0.389 e. The van der Waals surface area contributed by atoms with E-state index in [-0.39, 0.29) is 6.54 Å². The number of hydrogen-bond acceptors (Lipinski definition) is 4. The van der Waals surface area contributed by atoms with Gasteiger partial charge >= 0.3 is 5.69 Å². The fourth-order valence-electron chi connectivity index (χ4n) is 1.28. The molecule has 0 aliphatic carbocycles. The van der Waals surface area contributed by atoms with Gasteiger partial charge in [0.25, 0.3) is 5.91 Å². The molecular weight excluding hydrogens is 262 g/mol. The molecule has 0 saturated heterocycles. The number of carbonyl (C=O) groups is 1. The number of carbonyl (C=O) groups excluding carboxylic acids is 1. The average molecular weight is 274 g/mol. The van der Waals surface area contributed by atoms with Gasteiger partial charge < -0.3 is 10.4 Å². The molecule has 0 aliphatic heterocycles. The van der Waals surface area contributed by atoms with Crippen LogP contribution in [0.15, 0.2) is 12.1 Å². The van der Waals surface area contributed by atoms with E-state index in [0.29, 0.717) is 12.1 Å². The lowest BCUT2D eigenvalue weighted by molar-refractivity contribution is -0.387. The van der Waals surface area contributed by atoms with Gasteiger partial charge in [-0.1, -0.05) is 0 Å². The van der Waals surface area contributed by atoms with Crippen molar-refractivity contribution in [3.63, 3.8) is 0 Å². The lowest BCUT2D eigenvalue weighted by Crippen LogP contribution is -2.38. The molecule has 1 aromatic rings. The molecule has 0 spiro atoms. The van der Waals surface area contributed by atoms with Crippen molar-refractivity contribution in [2.24, 2.45) is 0 Å². The summed E-state index contributed by atoms with van der Waals surface area (Å²) < 4.78 is 27.0. The van der Waals surface area contributed by atoms with Crippen LogP contribution in [0.4, 0.5) is 14.5 Å². The van der Waals surface area contributed by atoms with Crippen molar-refractivity contribution in [1.82, 2.24) is 5.32 Å². The highest BCUT2D eigenvalue weighted by atomic mass is 19.1. The SMILES string of the molecule is CC(C)(O)CNC(=O)c1c(F)ccc([N+](=O)[O-])c1F. The van der Waals surface area contributed by atoms with Crippen molar-refractivity contribution >= 4 is 11.6 Å². The second kappa shape index (κ2) is 5.27. The lowest BCUT2D eigenvalue weighted by Gasteiger charge is -2.17. The predicted octanol–water partition coefficient (Wildman–Crippen LogP) is 1.37. The number of nitrogens with one attached hydrogen (secondary N) is 1. The van der Waals surface area contributed by atoms with E-state index in [1.54, 1.807) is 0 Å². The maximum absolute atomic E-state index is 13.6. The summed E-state index contributed by atoms with van der Waals surface area (Å²) in [6.45, 7) is 2.51. The van der Waals surface area contributed by atoms with Gasteiger partial charge in [0.15, 0.2) is 0 Å². The number of halogens is 2. The Morgan fingerprint density at radius 3 is 2.53 bits per heavy atom. The maximum Gasteiger partial charge on any atom is 0.305 e. The van der Waals surface area contributed by atoms with E-state index in [4.69, 9.17) is 0 Å². The van der Waals surface area contributed by atoms with E-state index < -0.39 is 39.3 Å². The fourth-order valence-corrected chi connectivity index (χ4v) is 1.28. The molecule has 0 heterocycles. The van der Waals surface area contributed by atoms with E-state index in [2.05, 4.69) is 5.32 Å². The van der Waals surface area contributed by atoms with Crippen LogP contribution < -0.4 is 5.32 Å². The molecule has 1 aromatic carbocycles. The molecular formula is C11H12F2N2O4. The Morgan fingerprint density at radius 2 is 2.05 bits per heavy atom. The molecule has 0 unspecified atom stereocenters. The number of rotatable bonds is 4. The summed E-state index contributed by atoms with van der Waals surface area (Å²) >= 11 is 0. The van der Waals surface area contributed by atoms with Crippen LogP contribution in [-0.2, 0) is 0 Å². The first-order valence-corrected chi connectivity index (χ1v) is 5.26. The molecule has 0 saturated carbocycles. The summed E-state index contributed by atoms with van der Waals surface area (Å²) in [6, 6.07) is 1.28. The zero-order valence-electron chi connectivity index (χ0n) is 10.2. The monoisotopic (exact) mass is 274 g/mol. The van der Waals surface area contributed by atoms with Crippen LogP contribution in [0, 0.1) is 21.7 Å². The molecule has 8 heteroatoms. The van der Waals surface area contributed by atoms with Crippen LogP contribution in [-0.4, -0.2) is 28.1 Å². The predicted molar refractivity (Wildman–Crippen MR) is 61.6 cm³/mol. The van der Waals surface area contributed by atoms with Crippen LogP contribution in [0.25, 0.3) is 0 Å². The summed E-state index contributed by atoms with van der Waals surface area (Å²) in [5, 5.41) is 22.0. The topological polar surface area (TPSA) is 92.5 Å². The number of nitrogens with zero attached hydrogens (tertiary/aromatic N) is 1. The molecule has 0 fully saturated rings. The highest BCUT2D eigenvalue weighted by Gasteiger charge is 2.27. The molecule has 6 nitrogen and oxygen atoms in total. The van der Waals surface area contributed by atoms with Gasteiger partial charge in [0.1, 0.15) is 11.4 Å². The van der Waals surface area contributed by atoms with Crippen LogP contribution in [0.5, 0.6) is 0 Å². The molecule has 19 heavy (non-hydrogen) atoms. The summed E-state index contributed by atoms with van der Waals surface area (Å²) in [5.41, 5.74) is -3.31. The number of hydrogen-bond donors (Lipinski definition) is 2.